The highest BCUT2D eigenvalue weighted by atomic mass is 79.9. The molecule has 0 radical (unpaired) electrons. The van der Waals surface area contributed by atoms with Crippen molar-refractivity contribution in [1.29, 1.82) is 0 Å². The molecule has 0 saturated carbocycles. The fraction of sp³-hybridized carbons (Fsp3) is 0.875. The molecule has 0 spiro atoms. The van der Waals surface area contributed by atoms with Gasteiger partial charge in [0.15, 0.2) is 0 Å². The van der Waals surface area contributed by atoms with Crippen molar-refractivity contribution in [2.24, 2.45) is 5.84 Å². The molecule has 1 saturated heterocycles. The van der Waals surface area contributed by atoms with Gasteiger partial charge in [-0.1, -0.05) is 0 Å². The van der Waals surface area contributed by atoms with Crippen LogP contribution in [0, 0.1) is 0 Å². The third-order valence-corrected chi connectivity index (χ3v) is 3.49. The molecule has 0 bridgehead atoms. The van der Waals surface area contributed by atoms with Crippen LogP contribution in [0.15, 0.2) is 0 Å². The average molecular weight is 269 g/mol. The molecule has 1 aliphatic rings. The van der Waals surface area contributed by atoms with Gasteiger partial charge in [-0.2, -0.15) is 0 Å². The Morgan fingerprint density at radius 2 is 2.08 bits per heavy atom. The summed E-state index contributed by atoms with van der Waals surface area (Å²) in [6, 6.07) is 0. The van der Waals surface area contributed by atoms with Crippen LogP contribution in [0.4, 0.5) is 0 Å². The zero-order chi connectivity index (χ0) is 9.19. The molecule has 2 N–H and O–H groups in total. The molecule has 0 atom stereocenters. The quantitative estimate of drug-likeness (QED) is 0.540. The van der Waals surface area contributed by atoms with Gasteiger partial charge in [0, 0.05) is 6.42 Å². The van der Waals surface area contributed by atoms with E-state index in [2.05, 4.69) is 0 Å². The van der Waals surface area contributed by atoms with E-state index in [9.17, 15) is 4.79 Å². The molecule has 0 unspecified atom stereocenters. The first-order valence-electron chi connectivity index (χ1n) is 4.26. The molecule has 0 aromatic heterocycles. The van der Waals surface area contributed by atoms with Crippen LogP contribution in [-0.2, 0) is 4.79 Å². The van der Waals surface area contributed by atoms with Gasteiger partial charge in [0.05, 0.1) is 4.87 Å². The van der Waals surface area contributed by atoms with Crippen LogP contribution in [0.2, 0.25) is 0 Å². The molecule has 1 rings (SSSR count). The fourth-order valence-corrected chi connectivity index (χ4v) is 2.28. The van der Waals surface area contributed by atoms with Crippen molar-refractivity contribution in [3.05, 3.63) is 0 Å². The molecule has 13 heavy (non-hydrogen) atoms. The van der Waals surface area contributed by atoms with E-state index in [4.69, 9.17) is 5.84 Å². The number of nitrogens with two attached hydrogens (primary N) is 1. The number of amides is 1. The standard InChI is InChI=1S/C8H16N2OS.BrH/c1-8(2)10(9)7(11)5-3-4-6-12-8;/h3-6,9H2,1-2H3;1H. The summed E-state index contributed by atoms with van der Waals surface area (Å²) in [6.07, 6.45) is 2.68. The second kappa shape index (κ2) is 5.22. The fourth-order valence-electron chi connectivity index (χ4n) is 1.19. The number of rotatable bonds is 0. The second-order valence-electron chi connectivity index (χ2n) is 3.52. The Morgan fingerprint density at radius 1 is 1.46 bits per heavy atom. The van der Waals surface area contributed by atoms with E-state index in [0.29, 0.717) is 6.42 Å². The first-order valence-corrected chi connectivity index (χ1v) is 5.24. The molecule has 1 aliphatic heterocycles. The van der Waals surface area contributed by atoms with E-state index < -0.39 is 0 Å². The van der Waals surface area contributed by atoms with Crippen LogP contribution in [0.1, 0.15) is 33.1 Å². The van der Waals surface area contributed by atoms with Gasteiger partial charge in [0.25, 0.3) is 0 Å². The van der Waals surface area contributed by atoms with E-state index >= 15 is 0 Å². The Labute approximate surface area is 94.2 Å². The van der Waals surface area contributed by atoms with Crippen LogP contribution >= 0.6 is 28.7 Å². The Kier molecular flexibility index (Phi) is 5.32. The molecule has 78 valence electrons. The summed E-state index contributed by atoms with van der Waals surface area (Å²) in [5.74, 6) is 6.84. The Balaban J connectivity index is 0.00000144. The zero-order valence-corrected chi connectivity index (χ0v) is 10.6. The number of hydrogen-bond acceptors (Lipinski definition) is 3. The number of hydrogen-bond donors (Lipinski definition) is 1. The Bertz CT molecular complexity index is 187. The van der Waals surface area contributed by atoms with Crippen molar-refractivity contribution in [1.82, 2.24) is 5.01 Å². The maximum atomic E-state index is 11.4. The highest BCUT2D eigenvalue weighted by Crippen LogP contribution is 2.29. The van der Waals surface area contributed by atoms with Crippen LogP contribution in [0.5, 0.6) is 0 Å². The van der Waals surface area contributed by atoms with Crippen molar-refractivity contribution in [2.45, 2.75) is 38.0 Å². The van der Waals surface area contributed by atoms with Gasteiger partial charge in [-0.25, -0.2) is 5.84 Å². The lowest BCUT2D eigenvalue weighted by Crippen LogP contribution is -2.51. The first kappa shape index (κ1) is 13.3. The number of carbonyl (C=O) groups excluding carboxylic acids is 1. The largest absolute Gasteiger partial charge is 0.273 e. The smallest absolute Gasteiger partial charge is 0.237 e. The highest BCUT2D eigenvalue weighted by molar-refractivity contribution is 8.93. The molecule has 0 aliphatic carbocycles. The number of nitrogens with zero attached hydrogens (tertiary/aromatic N) is 1. The third kappa shape index (κ3) is 3.48. The van der Waals surface area contributed by atoms with E-state index in [-0.39, 0.29) is 27.8 Å². The van der Waals surface area contributed by atoms with Gasteiger partial charge >= 0.3 is 0 Å². The summed E-state index contributed by atoms with van der Waals surface area (Å²) < 4.78 is 0. The number of hydrazine groups is 1. The van der Waals surface area contributed by atoms with E-state index in [1.54, 1.807) is 11.8 Å². The van der Waals surface area contributed by atoms with Gasteiger partial charge in [-0.3, -0.25) is 9.80 Å². The minimum atomic E-state index is -0.239. The van der Waals surface area contributed by atoms with Gasteiger partial charge in [-0.05, 0) is 32.4 Å². The topological polar surface area (TPSA) is 46.3 Å². The normalized spacial score (nSPS) is 23.0. The number of carbonyl (C=O) groups is 1. The van der Waals surface area contributed by atoms with Crippen LogP contribution in [0.3, 0.4) is 0 Å². The van der Waals surface area contributed by atoms with Crippen LogP contribution < -0.4 is 5.84 Å². The van der Waals surface area contributed by atoms with E-state index in [1.807, 2.05) is 13.8 Å². The lowest BCUT2D eigenvalue weighted by atomic mass is 10.2. The summed E-state index contributed by atoms with van der Waals surface area (Å²) in [4.78, 5) is 11.1. The Hall–Kier alpha value is 0.260. The predicted molar refractivity (Wildman–Crippen MR) is 61.7 cm³/mol. The van der Waals surface area contributed by atoms with Crippen LogP contribution in [0.25, 0.3) is 0 Å². The summed E-state index contributed by atoms with van der Waals surface area (Å²) in [5, 5.41) is 1.37. The maximum Gasteiger partial charge on any atom is 0.237 e. The van der Waals surface area contributed by atoms with Crippen LogP contribution in [-0.4, -0.2) is 21.5 Å². The van der Waals surface area contributed by atoms with Crippen molar-refractivity contribution >= 4 is 34.7 Å². The molecule has 1 amide bonds. The molecule has 1 fully saturated rings. The summed E-state index contributed by atoms with van der Waals surface area (Å²) in [5.41, 5.74) is 0. The minimum Gasteiger partial charge on any atom is -0.273 e. The van der Waals surface area contributed by atoms with Crippen molar-refractivity contribution in [3.63, 3.8) is 0 Å². The van der Waals surface area contributed by atoms with Crippen molar-refractivity contribution < 1.29 is 4.79 Å². The van der Waals surface area contributed by atoms with Gasteiger partial charge in [0.2, 0.25) is 5.91 Å². The van der Waals surface area contributed by atoms with E-state index in [1.165, 1.54) is 5.01 Å². The minimum absolute atomic E-state index is 0. The third-order valence-electron chi connectivity index (χ3n) is 2.09. The molecule has 0 aromatic carbocycles. The molecular weight excluding hydrogens is 252 g/mol. The number of halogens is 1. The lowest BCUT2D eigenvalue weighted by molar-refractivity contribution is -0.134. The predicted octanol–water partition coefficient (Wildman–Crippen LogP) is 1.92. The molecule has 3 nitrogen and oxygen atoms in total. The summed E-state index contributed by atoms with van der Waals surface area (Å²) in [6.45, 7) is 3.97. The van der Waals surface area contributed by atoms with Gasteiger partial charge in [0.1, 0.15) is 0 Å². The van der Waals surface area contributed by atoms with Gasteiger partial charge < -0.3 is 0 Å². The second-order valence-corrected chi connectivity index (χ2v) is 5.21. The zero-order valence-electron chi connectivity index (χ0n) is 8.08. The SMILES string of the molecule is Br.CC1(C)SCCCCC(=O)N1N. The Morgan fingerprint density at radius 3 is 2.69 bits per heavy atom. The average Bonchev–Trinajstić information content (AvgIpc) is 2.00. The first-order chi connectivity index (χ1) is 5.54. The molecule has 1 heterocycles. The molecule has 5 heteroatoms. The van der Waals surface area contributed by atoms with Crippen molar-refractivity contribution in [3.8, 4) is 0 Å². The lowest BCUT2D eigenvalue weighted by Gasteiger charge is -2.35. The van der Waals surface area contributed by atoms with Gasteiger partial charge in [-0.15, -0.1) is 28.7 Å². The molecule has 0 aromatic rings. The van der Waals surface area contributed by atoms with E-state index in [0.717, 1.165) is 18.6 Å². The highest BCUT2D eigenvalue weighted by Gasteiger charge is 2.29. The molecular formula is C8H17BrN2OS. The summed E-state index contributed by atoms with van der Waals surface area (Å²) >= 11 is 1.75. The van der Waals surface area contributed by atoms with Crippen molar-refractivity contribution in [2.75, 3.05) is 5.75 Å². The summed E-state index contributed by atoms with van der Waals surface area (Å²) in [7, 11) is 0. The maximum absolute atomic E-state index is 11.4. The number of thioether (sulfide) groups is 1. The monoisotopic (exact) mass is 268 g/mol.